The Morgan fingerprint density at radius 1 is 1.29 bits per heavy atom. The number of halogens is 2. The van der Waals surface area contributed by atoms with Gasteiger partial charge in [-0.15, -0.1) is 0 Å². The number of nitrogens with zero attached hydrogens (tertiary/aromatic N) is 1. The third-order valence-electron chi connectivity index (χ3n) is 4.39. The normalized spacial score (nSPS) is 22.2. The second-order valence-corrected chi connectivity index (χ2v) is 6.56. The molecule has 7 heteroatoms. The summed E-state index contributed by atoms with van der Waals surface area (Å²) >= 11 is 0. The Hall–Kier alpha value is -2.02. The van der Waals surface area contributed by atoms with Crippen molar-refractivity contribution in [1.82, 2.24) is 10.2 Å². The van der Waals surface area contributed by atoms with Crippen LogP contribution in [0.4, 0.5) is 14.5 Å². The second-order valence-electron chi connectivity index (χ2n) is 6.56. The highest BCUT2D eigenvalue weighted by molar-refractivity contribution is 5.95. The highest BCUT2D eigenvalue weighted by Gasteiger charge is 2.42. The van der Waals surface area contributed by atoms with E-state index in [9.17, 15) is 18.4 Å². The number of nitrogens with one attached hydrogen (secondary N) is 2. The molecule has 2 aliphatic rings. The van der Waals surface area contributed by atoms with Gasteiger partial charge in [0.05, 0.1) is 12.6 Å². The average Bonchev–Trinajstić information content (AvgIpc) is 3.29. The zero-order chi connectivity index (χ0) is 17.3. The fourth-order valence-electron chi connectivity index (χ4n) is 2.90. The van der Waals surface area contributed by atoms with Crippen molar-refractivity contribution in [3.63, 3.8) is 0 Å². The summed E-state index contributed by atoms with van der Waals surface area (Å²) in [6.45, 7) is 1.65. The zero-order valence-electron chi connectivity index (χ0n) is 13.5. The van der Waals surface area contributed by atoms with E-state index in [0.717, 1.165) is 18.4 Å². The number of alkyl halides is 2. The fraction of sp³-hybridized carbons (Fsp3) is 0.529. The molecule has 0 aromatic heterocycles. The van der Waals surface area contributed by atoms with Crippen LogP contribution in [0.25, 0.3) is 0 Å². The molecule has 1 saturated heterocycles. The molecule has 2 fully saturated rings. The van der Waals surface area contributed by atoms with E-state index < -0.39 is 30.8 Å². The van der Waals surface area contributed by atoms with Crippen molar-refractivity contribution in [1.29, 1.82) is 0 Å². The summed E-state index contributed by atoms with van der Waals surface area (Å²) in [6, 6.07) is 6.60. The van der Waals surface area contributed by atoms with E-state index in [4.69, 9.17) is 0 Å². The molecule has 1 aromatic rings. The third-order valence-corrected chi connectivity index (χ3v) is 4.39. The molecule has 1 unspecified atom stereocenters. The van der Waals surface area contributed by atoms with Crippen molar-refractivity contribution in [2.24, 2.45) is 0 Å². The highest BCUT2D eigenvalue weighted by Crippen LogP contribution is 2.29. The summed E-state index contributed by atoms with van der Waals surface area (Å²) in [5.74, 6) is -3.23. The molecule has 1 aliphatic heterocycles. The number of amides is 2. The van der Waals surface area contributed by atoms with Gasteiger partial charge in [0.2, 0.25) is 11.8 Å². The fourth-order valence-corrected chi connectivity index (χ4v) is 2.90. The lowest BCUT2D eigenvalue weighted by Crippen LogP contribution is -2.35. The SMILES string of the molecule is CC(=O)N(Cc1ccc(NC(=O)C2CC(F)(F)CN2)cc1)C1CC1. The summed E-state index contributed by atoms with van der Waals surface area (Å²) in [6.07, 6.45) is 1.62. The van der Waals surface area contributed by atoms with Crippen LogP contribution in [0.2, 0.25) is 0 Å². The van der Waals surface area contributed by atoms with E-state index in [1.807, 2.05) is 17.0 Å². The molecule has 1 aliphatic carbocycles. The van der Waals surface area contributed by atoms with Crippen LogP contribution in [0.15, 0.2) is 24.3 Å². The average molecular weight is 337 g/mol. The predicted molar refractivity (Wildman–Crippen MR) is 85.7 cm³/mol. The maximum Gasteiger partial charge on any atom is 0.262 e. The van der Waals surface area contributed by atoms with Gasteiger partial charge in [-0.3, -0.25) is 14.9 Å². The molecular weight excluding hydrogens is 316 g/mol. The molecule has 2 amide bonds. The predicted octanol–water partition coefficient (Wildman–Crippen LogP) is 2.13. The van der Waals surface area contributed by atoms with Gasteiger partial charge in [0.15, 0.2) is 0 Å². The molecule has 1 aromatic carbocycles. The van der Waals surface area contributed by atoms with Gasteiger partial charge in [-0.25, -0.2) is 8.78 Å². The summed E-state index contributed by atoms with van der Waals surface area (Å²) in [7, 11) is 0. The summed E-state index contributed by atoms with van der Waals surface area (Å²) in [5, 5.41) is 5.17. The molecule has 130 valence electrons. The minimum absolute atomic E-state index is 0.0584. The van der Waals surface area contributed by atoms with Crippen molar-refractivity contribution in [3.8, 4) is 0 Å². The van der Waals surface area contributed by atoms with Gasteiger partial charge in [-0.1, -0.05) is 12.1 Å². The smallest absolute Gasteiger partial charge is 0.262 e. The van der Waals surface area contributed by atoms with Crippen LogP contribution in [-0.2, 0) is 16.1 Å². The van der Waals surface area contributed by atoms with Crippen molar-refractivity contribution >= 4 is 17.5 Å². The van der Waals surface area contributed by atoms with Gasteiger partial charge in [0.1, 0.15) is 0 Å². The number of benzene rings is 1. The Morgan fingerprint density at radius 3 is 2.46 bits per heavy atom. The Labute approximate surface area is 139 Å². The number of hydrogen-bond donors (Lipinski definition) is 2. The van der Waals surface area contributed by atoms with E-state index in [-0.39, 0.29) is 5.91 Å². The molecule has 24 heavy (non-hydrogen) atoms. The lowest BCUT2D eigenvalue weighted by molar-refractivity contribution is -0.130. The van der Waals surface area contributed by atoms with Crippen LogP contribution in [0.5, 0.6) is 0 Å². The standard InChI is InChI=1S/C17H21F2N3O2/c1-11(23)22(14-6-7-14)9-12-2-4-13(5-3-12)21-16(24)15-8-17(18,19)10-20-15/h2-5,14-15,20H,6-10H2,1H3,(H,21,24). The first-order valence-electron chi connectivity index (χ1n) is 8.12. The van der Waals surface area contributed by atoms with E-state index in [2.05, 4.69) is 10.6 Å². The van der Waals surface area contributed by atoms with Crippen LogP contribution in [0.1, 0.15) is 31.7 Å². The lowest BCUT2D eigenvalue weighted by atomic mass is 10.1. The minimum atomic E-state index is -2.83. The number of hydrogen-bond acceptors (Lipinski definition) is 3. The van der Waals surface area contributed by atoms with E-state index in [0.29, 0.717) is 18.3 Å². The molecule has 1 atom stereocenters. The first-order chi connectivity index (χ1) is 11.3. The van der Waals surface area contributed by atoms with Gasteiger partial charge in [-0.05, 0) is 30.5 Å². The molecule has 3 rings (SSSR count). The van der Waals surface area contributed by atoms with Crippen molar-refractivity contribution in [2.45, 2.75) is 50.7 Å². The van der Waals surface area contributed by atoms with Gasteiger partial charge in [0, 0.05) is 31.6 Å². The van der Waals surface area contributed by atoms with Gasteiger partial charge < -0.3 is 10.2 Å². The molecule has 0 bridgehead atoms. The van der Waals surface area contributed by atoms with E-state index in [1.165, 1.54) is 0 Å². The maximum absolute atomic E-state index is 13.1. The van der Waals surface area contributed by atoms with Crippen LogP contribution < -0.4 is 10.6 Å². The van der Waals surface area contributed by atoms with Crippen LogP contribution in [0, 0.1) is 0 Å². The van der Waals surface area contributed by atoms with Crippen molar-refractivity contribution in [2.75, 3.05) is 11.9 Å². The zero-order valence-corrected chi connectivity index (χ0v) is 13.5. The van der Waals surface area contributed by atoms with Crippen LogP contribution in [0.3, 0.4) is 0 Å². The Kier molecular flexibility index (Phi) is 4.54. The Balaban J connectivity index is 1.56. The maximum atomic E-state index is 13.1. The molecule has 1 saturated carbocycles. The monoisotopic (exact) mass is 337 g/mol. The van der Waals surface area contributed by atoms with Gasteiger partial charge >= 0.3 is 0 Å². The number of carbonyl (C=O) groups excluding carboxylic acids is 2. The van der Waals surface area contributed by atoms with Gasteiger partial charge in [-0.2, -0.15) is 0 Å². The molecular formula is C17H21F2N3O2. The molecule has 1 heterocycles. The third kappa shape index (κ3) is 4.08. The summed E-state index contributed by atoms with van der Waals surface area (Å²) < 4.78 is 26.3. The second kappa shape index (κ2) is 6.47. The largest absolute Gasteiger partial charge is 0.336 e. The van der Waals surface area contributed by atoms with Crippen molar-refractivity contribution in [3.05, 3.63) is 29.8 Å². The summed E-state index contributed by atoms with van der Waals surface area (Å²) in [4.78, 5) is 25.5. The lowest BCUT2D eigenvalue weighted by Gasteiger charge is -2.20. The molecule has 0 spiro atoms. The summed E-state index contributed by atoms with van der Waals surface area (Å²) in [5.41, 5.74) is 1.53. The Bertz CT molecular complexity index is 629. The quantitative estimate of drug-likeness (QED) is 0.865. The number of carbonyl (C=O) groups is 2. The van der Waals surface area contributed by atoms with E-state index in [1.54, 1.807) is 19.1 Å². The molecule has 2 N–H and O–H groups in total. The van der Waals surface area contributed by atoms with Crippen LogP contribution >= 0.6 is 0 Å². The minimum Gasteiger partial charge on any atom is -0.336 e. The first kappa shape index (κ1) is 16.8. The molecule has 0 radical (unpaired) electrons. The first-order valence-corrected chi connectivity index (χ1v) is 8.12. The van der Waals surface area contributed by atoms with Crippen LogP contribution in [-0.4, -0.2) is 41.3 Å². The van der Waals surface area contributed by atoms with E-state index >= 15 is 0 Å². The van der Waals surface area contributed by atoms with Gasteiger partial charge in [0.25, 0.3) is 5.92 Å². The Morgan fingerprint density at radius 2 is 1.96 bits per heavy atom. The topological polar surface area (TPSA) is 61.4 Å². The molecule has 5 nitrogen and oxygen atoms in total. The highest BCUT2D eigenvalue weighted by atomic mass is 19.3. The number of rotatable bonds is 5. The van der Waals surface area contributed by atoms with Crippen molar-refractivity contribution < 1.29 is 18.4 Å². The number of anilines is 1.